The Morgan fingerprint density at radius 2 is 1.89 bits per heavy atom. The normalized spacial score (nSPS) is 18.0. The minimum absolute atomic E-state index is 0.00315. The van der Waals surface area contributed by atoms with E-state index in [2.05, 4.69) is 5.32 Å². The molecule has 1 unspecified atom stereocenters. The van der Waals surface area contributed by atoms with E-state index < -0.39 is 33.9 Å². The summed E-state index contributed by atoms with van der Waals surface area (Å²) in [7, 11) is -0.246. The molecule has 1 heterocycles. The molecule has 1 aliphatic rings. The van der Waals surface area contributed by atoms with Crippen molar-refractivity contribution in [1.82, 2.24) is 15.1 Å². The summed E-state index contributed by atoms with van der Waals surface area (Å²) in [6.45, 7) is 1.49. The van der Waals surface area contributed by atoms with Crippen LogP contribution in [-0.2, 0) is 31.0 Å². The van der Waals surface area contributed by atoms with E-state index in [-0.39, 0.29) is 24.8 Å². The largest absolute Gasteiger partial charge is 0.350 e. The lowest BCUT2D eigenvalue weighted by Crippen LogP contribution is -2.49. The molecule has 0 saturated carbocycles. The summed E-state index contributed by atoms with van der Waals surface area (Å²) in [4.78, 5) is 39.1. The predicted molar refractivity (Wildman–Crippen MR) is 99.1 cm³/mol. The first-order chi connectivity index (χ1) is 12.8. The third-order valence-corrected chi connectivity index (χ3v) is 3.96. The monoisotopic (exact) mass is 417 g/mol. The van der Waals surface area contributed by atoms with Gasteiger partial charge in [0, 0.05) is 12.1 Å². The third-order valence-electron chi connectivity index (χ3n) is 3.96. The van der Waals surface area contributed by atoms with Crippen LogP contribution in [-0.4, -0.2) is 72.9 Å². The SMILES string of the molecule is CS(=O)(=O)O.C[C@@H](C(=O)NCc1ccccc1F)N1C(=O)CC(N(C)C)C1=O. The Hall–Kier alpha value is -2.37. The number of likely N-dealkylation sites (tertiary alicyclic amines) is 1. The lowest BCUT2D eigenvalue weighted by molar-refractivity contribution is -0.147. The van der Waals surface area contributed by atoms with E-state index in [9.17, 15) is 27.2 Å². The summed E-state index contributed by atoms with van der Waals surface area (Å²) in [5.74, 6) is -1.66. The fraction of sp³-hybridized carbons (Fsp3) is 0.471. The molecule has 28 heavy (non-hydrogen) atoms. The van der Waals surface area contributed by atoms with Crippen molar-refractivity contribution in [3.8, 4) is 0 Å². The van der Waals surface area contributed by atoms with Crippen LogP contribution in [0.25, 0.3) is 0 Å². The topological polar surface area (TPSA) is 124 Å². The summed E-state index contributed by atoms with van der Waals surface area (Å²) < 4.78 is 39.4. The Morgan fingerprint density at radius 3 is 2.36 bits per heavy atom. The van der Waals surface area contributed by atoms with Gasteiger partial charge in [-0.25, -0.2) is 4.39 Å². The van der Waals surface area contributed by atoms with Crippen molar-refractivity contribution in [3.63, 3.8) is 0 Å². The highest BCUT2D eigenvalue weighted by Crippen LogP contribution is 2.19. The van der Waals surface area contributed by atoms with E-state index in [4.69, 9.17) is 4.55 Å². The highest BCUT2D eigenvalue weighted by atomic mass is 32.2. The van der Waals surface area contributed by atoms with Gasteiger partial charge in [0.1, 0.15) is 11.9 Å². The molecule has 9 nitrogen and oxygen atoms in total. The van der Waals surface area contributed by atoms with Crippen molar-refractivity contribution >= 4 is 27.8 Å². The number of nitrogens with one attached hydrogen (secondary N) is 1. The molecule has 0 radical (unpaired) electrons. The average molecular weight is 417 g/mol. The zero-order chi connectivity index (χ0) is 21.6. The van der Waals surface area contributed by atoms with E-state index in [1.807, 2.05) is 0 Å². The molecule has 0 spiro atoms. The van der Waals surface area contributed by atoms with Crippen molar-refractivity contribution in [1.29, 1.82) is 0 Å². The highest BCUT2D eigenvalue weighted by Gasteiger charge is 2.43. The number of amides is 3. The van der Waals surface area contributed by atoms with Gasteiger partial charge in [-0.1, -0.05) is 18.2 Å². The number of carbonyl (C=O) groups is 3. The highest BCUT2D eigenvalue weighted by molar-refractivity contribution is 7.85. The molecule has 1 aliphatic heterocycles. The van der Waals surface area contributed by atoms with Crippen molar-refractivity contribution in [3.05, 3.63) is 35.6 Å². The number of hydrogen-bond donors (Lipinski definition) is 2. The molecule has 1 fully saturated rings. The second-order valence-electron chi connectivity index (χ2n) is 6.50. The predicted octanol–water partition coefficient (Wildman–Crippen LogP) is 0.0235. The maximum atomic E-state index is 13.5. The standard InChI is InChI=1S/C16H20FN3O3.CH4O3S/c1-10(20-14(21)8-13(16(20)23)19(2)3)15(22)18-9-11-6-4-5-7-12(11)17;1-5(2,3)4/h4-7,10,13H,8-9H2,1-3H3,(H,18,22);1H3,(H,2,3,4)/t10-,13?;/m0./s1. The number of halogens is 1. The van der Waals surface area contributed by atoms with Crippen molar-refractivity contribution in [2.24, 2.45) is 0 Å². The van der Waals surface area contributed by atoms with Gasteiger partial charge in [-0.05, 0) is 27.1 Å². The van der Waals surface area contributed by atoms with Gasteiger partial charge < -0.3 is 5.32 Å². The molecule has 3 amide bonds. The number of likely N-dealkylation sites (N-methyl/N-ethyl adjacent to an activating group) is 1. The second kappa shape index (κ2) is 9.71. The molecule has 1 saturated heterocycles. The van der Waals surface area contributed by atoms with Gasteiger partial charge in [-0.3, -0.25) is 28.7 Å². The van der Waals surface area contributed by atoms with Crippen LogP contribution in [0.1, 0.15) is 18.9 Å². The average Bonchev–Trinajstić information content (AvgIpc) is 2.86. The minimum atomic E-state index is -3.67. The molecular formula is C17H24FN3O6S. The minimum Gasteiger partial charge on any atom is -0.350 e. The zero-order valence-electron chi connectivity index (χ0n) is 16.0. The molecule has 156 valence electrons. The number of nitrogens with zero attached hydrogens (tertiary/aromatic N) is 2. The maximum absolute atomic E-state index is 13.5. The molecule has 2 atom stereocenters. The zero-order valence-corrected chi connectivity index (χ0v) is 16.9. The van der Waals surface area contributed by atoms with Crippen LogP contribution in [0.2, 0.25) is 0 Å². The van der Waals surface area contributed by atoms with Gasteiger partial charge >= 0.3 is 0 Å². The van der Waals surface area contributed by atoms with E-state index in [1.54, 1.807) is 37.2 Å². The van der Waals surface area contributed by atoms with E-state index in [0.29, 0.717) is 11.8 Å². The van der Waals surface area contributed by atoms with Crippen molar-refractivity contribution < 1.29 is 31.7 Å². The fourth-order valence-electron chi connectivity index (χ4n) is 2.53. The molecule has 2 N–H and O–H groups in total. The second-order valence-corrected chi connectivity index (χ2v) is 7.97. The molecule has 11 heteroatoms. The van der Waals surface area contributed by atoms with Gasteiger partial charge in [0.15, 0.2) is 0 Å². The maximum Gasteiger partial charge on any atom is 0.261 e. The number of hydrogen-bond acceptors (Lipinski definition) is 6. The molecule has 1 aromatic rings. The summed E-state index contributed by atoms with van der Waals surface area (Å²) >= 11 is 0. The Bertz CT molecular complexity index is 835. The Labute approximate surface area is 163 Å². The Morgan fingerprint density at radius 1 is 1.36 bits per heavy atom. The van der Waals surface area contributed by atoms with Crippen LogP contribution in [0.5, 0.6) is 0 Å². The summed E-state index contributed by atoms with van der Waals surface area (Å²) in [5.41, 5.74) is 0.346. The third kappa shape index (κ3) is 6.98. The fourth-order valence-corrected chi connectivity index (χ4v) is 2.53. The number of carbonyl (C=O) groups excluding carboxylic acids is 3. The molecule has 2 rings (SSSR count). The van der Waals surface area contributed by atoms with Gasteiger partial charge in [-0.15, -0.1) is 0 Å². The van der Waals surface area contributed by atoms with Crippen LogP contribution < -0.4 is 5.32 Å². The first-order valence-corrected chi connectivity index (χ1v) is 10.1. The Kier molecular flexibility index (Phi) is 8.21. The van der Waals surface area contributed by atoms with Gasteiger partial charge in [-0.2, -0.15) is 8.42 Å². The number of rotatable bonds is 5. The first-order valence-electron chi connectivity index (χ1n) is 8.28. The first kappa shape index (κ1) is 23.7. The molecule has 0 aromatic heterocycles. The molecule has 0 aliphatic carbocycles. The summed E-state index contributed by atoms with van der Waals surface area (Å²) in [6.07, 6.45) is 0.782. The summed E-state index contributed by atoms with van der Waals surface area (Å²) in [5, 5.41) is 2.56. The van der Waals surface area contributed by atoms with Gasteiger partial charge in [0.05, 0.1) is 18.7 Å². The molecular weight excluding hydrogens is 393 g/mol. The molecule has 1 aromatic carbocycles. The number of imide groups is 1. The van der Waals surface area contributed by atoms with Crippen LogP contribution >= 0.6 is 0 Å². The van der Waals surface area contributed by atoms with Crippen molar-refractivity contribution in [2.75, 3.05) is 20.4 Å². The van der Waals surface area contributed by atoms with Crippen molar-refractivity contribution in [2.45, 2.75) is 32.0 Å². The Balaban J connectivity index is 0.000000696. The van der Waals surface area contributed by atoms with Crippen LogP contribution in [0.3, 0.4) is 0 Å². The van der Waals surface area contributed by atoms with E-state index in [1.165, 1.54) is 13.0 Å². The van der Waals surface area contributed by atoms with Crippen LogP contribution in [0.4, 0.5) is 4.39 Å². The smallest absolute Gasteiger partial charge is 0.261 e. The number of benzene rings is 1. The lowest BCUT2D eigenvalue weighted by atomic mass is 10.2. The quantitative estimate of drug-likeness (QED) is 0.511. The van der Waals surface area contributed by atoms with E-state index in [0.717, 1.165) is 4.90 Å². The van der Waals surface area contributed by atoms with Crippen LogP contribution in [0, 0.1) is 5.82 Å². The molecule has 0 bridgehead atoms. The van der Waals surface area contributed by atoms with E-state index >= 15 is 0 Å². The van der Waals surface area contributed by atoms with Gasteiger partial charge in [0.2, 0.25) is 17.7 Å². The van der Waals surface area contributed by atoms with Gasteiger partial charge in [0.25, 0.3) is 10.1 Å². The van der Waals surface area contributed by atoms with Crippen LogP contribution in [0.15, 0.2) is 24.3 Å². The summed E-state index contributed by atoms with van der Waals surface area (Å²) in [6, 6.07) is 4.64. The lowest BCUT2D eigenvalue weighted by Gasteiger charge is -2.23.